The predicted molar refractivity (Wildman–Crippen MR) is 164 cm³/mol. The summed E-state index contributed by atoms with van der Waals surface area (Å²) in [4.78, 5) is 28.5. The zero-order chi connectivity index (χ0) is 29.6. The van der Waals surface area contributed by atoms with E-state index in [1.807, 2.05) is 20.8 Å². The maximum atomic E-state index is 14.0. The number of anilines is 1. The maximum Gasteiger partial charge on any atom is 0.264 e. The summed E-state index contributed by atoms with van der Waals surface area (Å²) in [6.45, 7) is 6.60. The molecule has 0 aliphatic carbocycles. The number of amides is 2. The minimum Gasteiger partial charge on any atom is -0.352 e. The van der Waals surface area contributed by atoms with Gasteiger partial charge in [-0.25, -0.2) is 8.42 Å². The van der Waals surface area contributed by atoms with Gasteiger partial charge in [0.1, 0.15) is 12.6 Å². The molecule has 2 amide bonds. The zero-order valence-electron chi connectivity index (χ0n) is 22.7. The van der Waals surface area contributed by atoms with Crippen LogP contribution in [0.25, 0.3) is 0 Å². The first-order valence-corrected chi connectivity index (χ1v) is 15.7. The molecule has 3 aromatic carbocycles. The summed E-state index contributed by atoms with van der Waals surface area (Å²) in [6.07, 6.45) is 0.703. The van der Waals surface area contributed by atoms with Crippen LogP contribution < -0.4 is 9.62 Å². The highest BCUT2D eigenvalue weighted by molar-refractivity contribution is 9.10. The summed E-state index contributed by atoms with van der Waals surface area (Å²) < 4.78 is 29.5. The Morgan fingerprint density at radius 2 is 1.57 bits per heavy atom. The highest BCUT2D eigenvalue weighted by Crippen LogP contribution is 2.29. The van der Waals surface area contributed by atoms with Gasteiger partial charge in [0.15, 0.2) is 0 Å². The summed E-state index contributed by atoms with van der Waals surface area (Å²) in [6, 6.07) is 17.0. The second kappa shape index (κ2) is 13.9. The lowest BCUT2D eigenvalue weighted by Gasteiger charge is -2.33. The van der Waals surface area contributed by atoms with Crippen molar-refractivity contribution >= 4 is 66.7 Å². The molecular formula is C29H32BrCl2N3O4S. The Morgan fingerprint density at radius 3 is 2.15 bits per heavy atom. The van der Waals surface area contributed by atoms with E-state index in [9.17, 15) is 18.0 Å². The van der Waals surface area contributed by atoms with E-state index in [1.165, 1.54) is 17.0 Å². The van der Waals surface area contributed by atoms with Crippen LogP contribution >= 0.6 is 39.1 Å². The Kier molecular flexibility index (Phi) is 11.1. The van der Waals surface area contributed by atoms with Gasteiger partial charge >= 0.3 is 0 Å². The van der Waals surface area contributed by atoms with E-state index >= 15 is 0 Å². The summed E-state index contributed by atoms with van der Waals surface area (Å²) in [5.41, 5.74) is 1.64. The number of nitrogens with one attached hydrogen (secondary N) is 1. The van der Waals surface area contributed by atoms with Gasteiger partial charge in [-0.15, -0.1) is 0 Å². The number of halogens is 3. The molecule has 3 aromatic rings. The molecule has 3 rings (SSSR count). The second-order valence-corrected chi connectivity index (χ2v) is 13.1. The van der Waals surface area contributed by atoms with Crippen LogP contribution in [0.2, 0.25) is 10.0 Å². The molecule has 11 heteroatoms. The predicted octanol–water partition coefficient (Wildman–Crippen LogP) is 6.59. The second-order valence-electron chi connectivity index (χ2n) is 9.52. The van der Waals surface area contributed by atoms with Crippen molar-refractivity contribution in [2.45, 2.75) is 57.6 Å². The molecule has 0 unspecified atom stereocenters. The van der Waals surface area contributed by atoms with Crippen LogP contribution in [0, 0.1) is 6.92 Å². The third-order valence-corrected chi connectivity index (χ3v) is 9.53. The number of benzene rings is 3. The smallest absolute Gasteiger partial charge is 0.264 e. The van der Waals surface area contributed by atoms with E-state index in [1.54, 1.807) is 61.5 Å². The van der Waals surface area contributed by atoms with Crippen LogP contribution in [-0.4, -0.2) is 43.8 Å². The maximum absolute atomic E-state index is 14.0. The molecule has 0 aliphatic heterocycles. The number of carbonyl (C=O) groups excluding carboxylic acids is 2. The number of carbonyl (C=O) groups is 2. The van der Waals surface area contributed by atoms with Gasteiger partial charge in [-0.3, -0.25) is 13.9 Å². The highest BCUT2D eigenvalue weighted by Gasteiger charge is 2.33. The molecule has 7 nitrogen and oxygen atoms in total. The summed E-state index contributed by atoms with van der Waals surface area (Å²) in [5.74, 6) is -0.972. The quantitative estimate of drug-likeness (QED) is 0.250. The van der Waals surface area contributed by atoms with Crippen molar-refractivity contribution in [2.75, 3.05) is 10.8 Å². The Bertz CT molecular complexity index is 1450. The van der Waals surface area contributed by atoms with Gasteiger partial charge in [0.25, 0.3) is 10.0 Å². The van der Waals surface area contributed by atoms with Gasteiger partial charge in [-0.1, -0.05) is 75.9 Å². The van der Waals surface area contributed by atoms with Crippen molar-refractivity contribution in [1.29, 1.82) is 0 Å². The third-order valence-electron chi connectivity index (χ3n) is 6.54. The normalized spacial score (nSPS) is 12.9. The number of sulfonamides is 1. The fourth-order valence-corrected chi connectivity index (χ4v) is 6.21. The lowest BCUT2D eigenvalue weighted by Crippen LogP contribution is -2.52. The number of rotatable bonds is 11. The molecule has 0 heterocycles. The molecule has 1 N–H and O–H groups in total. The molecule has 0 bridgehead atoms. The van der Waals surface area contributed by atoms with Gasteiger partial charge in [0.2, 0.25) is 11.8 Å². The van der Waals surface area contributed by atoms with Crippen molar-refractivity contribution in [3.8, 4) is 0 Å². The molecule has 214 valence electrons. The molecule has 0 saturated carbocycles. The first kappa shape index (κ1) is 31.9. The Morgan fingerprint density at radius 1 is 0.975 bits per heavy atom. The van der Waals surface area contributed by atoms with Crippen LogP contribution in [0.15, 0.2) is 76.1 Å². The first-order valence-electron chi connectivity index (χ1n) is 12.7. The van der Waals surface area contributed by atoms with Gasteiger partial charge in [0.05, 0.1) is 10.6 Å². The average Bonchev–Trinajstić information content (AvgIpc) is 2.91. The van der Waals surface area contributed by atoms with E-state index in [-0.39, 0.29) is 29.1 Å². The van der Waals surface area contributed by atoms with Crippen molar-refractivity contribution in [2.24, 2.45) is 0 Å². The van der Waals surface area contributed by atoms with Gasteiger partial charge in [-0.05, 0) is 69.7 Å². The SMILES string of the molecule is CC[C@H](C)NC(=O)[C@@H](C)N(Cc1c(Cl)cccc1Cl)C(=O)CN(c1cccc(Br)c1)S(=O)(=O)c1ccc(C)cc1. The van der Waals surface area contributed by atoms with Crippen LogP contribution in [0.3, 0.4) is 0 Å². The minimum atomic E-state index is -4.16. The van der Waals surface area contributed by atoms with E-state index in [4.69, 9.17) is 23.2 Å². The highest BCUT2D eigenvalue weighted by atomic mass is 79.9. The number of hydrogen-bond donors (Lipinski definition) is 1. The van der Waals surface area contributed by atoms with Crippen molar-refractivity contribution in [3.63, 3.8) is 0 Å². The topological polar surface area (TPSA) is 86.8 Å². The molecule has 0 saturated heterocycles. The van der Waals surface area contributed by atoms with E-state index in [2.05, 4.69) is 21.2 Å². The van der Waals surface area contributed by atoms with E-state index in [0.717, 1.165) is 9.87 Å². The Balaban J connectivity index is 2.07. The molecule has 0 aliphatic rings. The molecule has 0 spiro atoms. The van der Waals surface area contributed by atoms with E-state index < -0.39 is 28.5 Å². The van der Waals surface area contributed by atoms with Gasteiger partial charge < -0.3 is 10.2 Å². The van der Waals surface area contributed by atoms with Crippen molar-refractivity contribution in [1.82, 2.24) is 10.2 Å². The number of aryl methyl sites for hydroxylation is 1. The molecule has 0 radical (unpaired) electrons. The van der Waals surface area contributed by atoms with Crippen LogP contribution in [0.1, 0.15) is 38.3 Å². The van der Waals surface area contributed by atoms with Gasteiger partial charge in [0, 0.05) is 32.7 Å². The monoisotopic (exact) mass is 667 g/mol. The number of nitrogens with zero attached hydrogens (tertiary/aromatic N) is 2. The lowest BCUT2D eigenvalue weighted by molar-refractivity contribution is -0.139. The van der Waals surface area contributed by atoms with Crippen molar-refractivity contribution < 1.29 is 18.0 Å². The summed E-state index contributed by atoms with van der Waals surface area (Å²) in [7, 11) is -4.16. The standard InChI is InChI=1S/C29H32BrCl2N3O4S/c1-5-20(3)33-29(37)21(4)34(17-25-26(31)10-7-11-27(25)32)28(36)18-35(23-9-6-8-22(30)16-23)40(38,39)24-14-12-19(2)13-15-24/h6-16,20-21H,5,17-18H2,1-4H3,(H,33,37)/t20-,21+/m0/s1. The molecule has 2 atom stereocenters. The molecule has 0 aromatic heterocycles. The Hall–Kier alpha value is -2.59. The van der Waals surface area contributed by atoms with Gasteiger partial charge in [-0.2, -0.15) is 0 Å². The Labute approximate surface area is 254 Å². The number of hydrogen-bond acceptors (Lipinski definition) is 4. The molecule has 40 heavy (non-hydrogen) atoms. The first-order chi connectivity index (χ1) is 18.8. The third kappa shape index (κ3) is 7.78. The fraction of sp³-hybridized carbons (Fsp3) is 0.310. The zero-order valence-corrected chi connectivity index (χ0v) is 26.6. The van der Waals surface area contributed by atoms with E-state index in [0.29, 0.717) is 26.5 Å². The molecule has 0 fully saturated rings. The lowest BCUT2D eigenvalue weighted by atomic mass is 10.1. The average molecular weight is 669 g/mol. The fourth-order valence-electron chi connectivity index (χ4n) is 3.90. The molecular weight excluding hydrogens is 637 g/mol. The largest absolute Gasteiger partial charge is 0.352 e. The van der Waals surface area contributed by atoms with Crippen LogP contribution in [0.5, 0.6) is 0 Å². The minimum absolute atomic E-state index is 0.0362. The van der Waals surface area contributed by atoms with Crippen LogP contribution in [-0.2, 0) is 26.2 Å². The summed E-state index contributed by atoms with van der Waals surface area (Å²) >= 11 is 16.2. The van der Waals surface area contributed by atoms with Crippen LogP contribution in [0.4, 0.5) is 5.69 Å². The van der Waals surface area contributed by atoms with Crippen molar-refractivity contribution in [3.05, 3.63) is 92.4 Å². The summed E-state index contributed by atoms with van der Waals surface area (Å²) in [5, 5.41) is 3.56.